The molecule has 0 aliphatic carbocycles. The maximum Gasteiger partial charge on any atom is 0.329 e. The standard InChI is InChI=1S/C20H23N3O5/c1-3-4-11-28-16-8-6-15(7-9-16)22-19(25)20(26)23-21-13-14-5-10-17(24)18(12-14)27-2/h5-10,12-13,24H,3-4,11H2,1-2H3,(H,22,25)(H,23,26)/b21-13-. The van der Waals surface area contributed by atoms with Crippen molar-refractivity contribution in [1.29, 1.82) is 0 Å². The van der Waals surface area contributed by atoms with E-state index in [1.807, 2.05) is 0 Å². The maximum absolute atomic E-state index is 11.9. The minimum absolute atomic E-state index is 0.00940. The lowest BCUT2D eigenvalue weighted by Crippen LogP contribution is -2.32. The average molecular weight is 385 g/mol. The van der Waals surface area contributed by atoms with Gasteiger partial charge in [-0.05, 0) is 54.4 Å². The molecule has 0 saturated carbocycles. The maximum atomic E-state index is 11.9. The lowest BCUT2D eigenvalue weighted by molar-refractivity contribution is -0.136. The van der Waals surface area contributed by atoms with Gasteiger partial charge >= 0.3 is 11.8 Å². The Morgan fingerprint density at radius 2 is 1.89 bits per heavy atom. The van der Waals surface area contributed by atoms with Crippen molar-refractivity contribution in [3.8, 4) is 17.2 Å². The van der Waals surface area contributed by atoms with Gasteiger partial charge in [-0.3, -0.25) is 9.59 Å². The van der Waals surface area contributed by atoms with Gasteiger partial charge in [0, 0.05) is 5.69 Å². The molecule has 0 aliphatic rings. The second-order valence-corrected chi connectivity index (χ2v) is 5.81. The van der Waals surface area contributed by atoms with E-state index in [1.165, 1.54) is 25.5 Å². The number of hydrogen-bond acceptors (Lipinski definition) is 6. The highest BCUT2D eigenvalue weighted by Gasteiger charge is 2.13. The molecule has 0 aromatic heterocycles. The summed E-state index contributed by atoms with van der Waals surface area (Å²) >= 11 is 0. The van der Waals surface area contributed by atoms with Gasteiger partial charge in [0.2, 0.25) is 0 Å². The Labute approximate surface area is 163 Å². The molecule has 0 atom stereocenters. The highest BCUT2D eigenvalue weighted by Crippen LogP contribution is 2.25. The number of nitrogens with one attached hydrogen (secondary N) is 2. The summed E-state index contributed by atoms with van der Waals surface area (Å²) in [6.45, 7) is 2.72. The molecule has 0 radical (unpaired) electrons. The van der Waals surface area contributed by atoms with Crippen molar-refractivity contribution >= 4 is 23.7 Å². The zero-order valence-electron chi connectivity index (χ0n) is 15.8. The third kappa shape index (κ3) is 6.31. The Balaban J connectivity index is 1.84. The van der Waals surface area contributed by atoms with Crippen LogP contribution in [-0.2, 0) is 9.59 Å². The topological polar surface area (TPSA) is 109 Å². The number of ether oxygens (including phenoxy) is 2. The van der Waals surface area contributed by atoms with Gasteiger partial charge < -0.3 is 19.9 Å². The highest BCUT2D eigenvalue weighted by atomic mass is 16.5. The molecule has 2 aromatic carbocycles. The largest absolute Gasteiger partial charge is 0.504 e. The zero-order valence-corrected chi connectivity index (χ0v) is 15.8. The van der Waals surface area contributed by atoms with Crippen molar-refractivity contribution in [3.05, 3.63) is 48.0 Å². The molecular weight excluding hydrogens is 362 g/mol. The first kappa shape index (κ1) is 20.8. The van der Waals surface area contributed by atoms with E-state index in [2.05, 4.69) is 22.8 Å². The summed E-state index contributed by atoms with van der Waals surface area (Å²) in [5.41, 5.74) is 3.19. The molecular formula is C20H23N3O5. The van der Waals surface area contributed by atoms with Crippen LogP contribution in [0.5, 0.6) is 17.2 Å². The van der Waals surface area contributed by atoms with E-state index < -0.39 is 11.8 Å². The molecule has 148 valence electrons. The molecule has 2 rings (SSSR count). The summed E-state index contributed by atoms with van der Waals surface area (Å²) in [6, 6.07) is 11.3. The number of benzene rings is 2. The van der Waals surface area contributed by atoms with Gasteiger partial charge in [-0.15, -0.1) is 0 Å². The Morgan fingerprint density at radius 1 is 1.14 bits per heavy atom. The van der Waals surface area contributed by atoms with E-state index in [1.54, 1.807) is 30.3 Å². The third-order valence-corrected chi connectivity index (χ3v) is 3.67. The summed E-state index contributed by atoms with van der Waals surface area (Å²) < 4.78 is 10.5. The minimum Gasteiger partial charge on any atom is -0.504 e. The van der Waals surface area contributed by atoms with Gasteiger partial charge in [0.25, 0.3) is 0 Å². The number of hydrazone groups is 1. The van der Waals surface area contributed by atoms with Crippen LogP contribution in [0, 0.1) is 0 Å². The molecule has 0 unspecified atom stereocenters. The van der Waals surface area contributed by atoms with E-state index in [-0.39, 0.29) is 11.5 Å². The number of rotatable bonds is 8. The molecule has 8 nitrogen and oxygen atoms in total. The fraction of sp³-hybridized carbons (Fsp3) is 0.250. The fourth-order valence-corrected chi connectivity index (χ4v) is 2.15. The molecule has 3 N–H and O–H groups in total. The first-order valence-corrected chi connectivity index (χ1v) is 8.77. The van der Waals surface area contributed by atoms with Crippen molar-refractivity contribution in [2.45, 2.75) is 19.8 Å². The molecule has 8 heteroatoms. The van der Waals surface area contributed by atoms with Crippen LogP contribution in [0.1, 0.15) is 25.3 Å². The predicted molar refractivity (Wildman–Crippen MR) is 106 cm³/mol. The molecule has 0 spiro atoms. The highest BCUT2D eigenvalue weighted by molar-refractivity contribution is 6.39. The molecule has 2 aromatic rings. The SMILES string of the molecule is CCCCOc1ccc(NC(=O)C(=O)N/N=C\c2ccc(O)c(OC)c2)cc1. The van der Waals surface area contributed by atoms with Gasteiger partial charge in [0.1, 0.15) is 5.75 Å². The smallest absolute Gasteiger partial charge is 0.329 e. The van der Waals surface area contributed by atoms with Crippen molar-refractivity contribution in [2.75, 3.05) is 19.0 Å². The van der Waals surface area contributed by atoms with Crippen molar-refractivity contribution in [1.82, 2.24) is 5.43 Å². The van der Waals surface area contributed by atoms with E-state index >= 15 is 0 Å². The van der Waals surface area contributed by atoms with Crippen molar-refractivity contribution in [2.24, 2.45) is 5.10 Å². The zero-order chi connectivity index (χ0) is 20.4. The predicted octanol–water partition coefficient (Wildman–Crippen LogP) is 2.67. The van der Waals surface area contributed by atoms with Crippen molar-refractivity contribution in [3.63, 3.8) is 0 Å². The molecule has 0 bridgehead atoms. The second kappa shape index (κ2) is 10.6. The number of methoxy groups -OCH3 is 1. The van der Waals surface area contributed by atoms with Crippen LogP contribution < -0.4 is 20.2 Å². The van der Waals surface area contributed by atoms with Gasteiger partial charge in [-0.1, -0.05) is 13.3 Å². The molecule has 0 fully saturated rings. The number of carbonyl (C=O) groups excluding carboxylic acids is 2. The Kier molecular flexibility index (Phi) is 7.83. The number of phenols is 1. The monoisotopic (exact) mass is 385 g/mol. The number of unbranched alkanes of at least 4 members (excludes halogenated alkanes) is 1. The van der Waals surface area contributed by atoms with Gasteiger partial charge in [-0.25, -0.2) is 5.43 Å². The lowest BCUT2D eigenvalue weighted by Gasteiger charge is -2.07. The summed E-state index contributed by atoms with van der Waals surface area (Å²) in [5, 5.41) is 15.7. The van der Waals surface area contributed by atoms with E-state index in [0.717, 1.165) is 12.8 Å². The summed E-state index contributed by atoms with van der Waals surface area (Å²) in [4.78, 5) is 23.7. The normalized spacial score (nSPS) is 10.5. The van der Waals surface area contributed by atoms with Crippen LogP contribution >= 0.6 is 0 Å². The molecule has 0 aliphatic heterocycles. The third-order valence-electron chi connectivity index (χ3n) is 3.67. The number of amides is 2. The number of aromatic hydroxyl groups is 1. The quantitative estimate of drug-likeness (QED) is 0.280. The average Bonchev–Trinajstić information content (AvgIpc) is 2.70. The summed E-state index contributed by atoms with van der Waals surface area (Å²) in [6.07, 6.45) is 3.34. The number of nitrogens with zero attached hydrogens (tertiary/aromatic N) is 1. The Bertz CT molecular complexity index is 834. The molecule has 28 heavy (non-hydrogen) atoms. The van der Waals surface area contributed by atoms with E-state index in [9.17, 15) is 14.7 Å². The number of phenolic OH excluding ortho intramolecular Hbond substituents is 1. The first-order chi connectivity index (χ1) is 13.5. The summed E-state index contributed by atoms with van der Waals surface area (Å²) in [7, 11) is 1.42. The van der Waals surface area contributed by atoms with Crippen LogP contribution in [0.4, 0.5) is 5.69 Å². The molecule has 0 saturated heterocycles. The van der Waals surface area contributed by atoms with Crippen LogP contribution in [0.25, 0.3) is 0 Å². The number of anilines is 1. The Hall–Kier alpha value is -3.55. The molecule has 0 heterocycles. The first-order valence-electron chi connectivity index (χ1n) is 8.77. The van der Waals surface area contributed by atoms with Gasteiger partial charge in [0.15, 0.2) is 11.5 Å². The van der Waals surface area contributed by atoms with Crippen LogP contribution in [0.3, 0.4) is 0 Å². The Morgan fingerprint density at radius 3 is 2.57 bits per heavy atom. The van der Waals surface area contributed by atoms with Gasteiger partial charge in [0.05, 0.1) is 19.9 Å². The van der Waals surface area contributed by atoms with E-state index in [4.69, 9.17) is 9.47 Å². The van der Waals surface area contributed by atoms with Crippen LogP contribution in [0.15, 0.2) is 47.6 Å². The number of hydrogen-bond donors (Lipinski definition) is 3. The minimum atomic E-state index is -0.912. The summed E-state index contributed by atoms with van der Waals surface area (Å²) in [5.74, 6) is -0.796. The van der Waals surface area contributed by atoms with E-state index in [0.29, 0.717) is 23.6 Å². The van der Waals surface area contributed by atoms with Gasteiger partial charge in [-0.2, -0.15) is 5.10 Å². The number of carbonyl (C=O) groups is 2. The fourth-order valence-electron chi connectivity index (χ4n) is 2.15. The van der Waals surface area contributed by atoms with Crippen LogP contribution in [-0.4, -0.2) is 36.9 Å². The molecule has 2 amide bonds. The second-order valence-electron chi connectivity index (χ2n) is 5.81. The lowest BCUT2D eigenvalue weighted by atomic mass is 10.2. The van der Waals surface area contributed by atoms with Crippen LogP contribution in [0.2, 0.25) is 0 Å². The van der Waals surface area contributed by atoms with Crippen molar-refractivity contribution < 1.29 is 24.2 Å².